The molecular weight excluding hydrogens is 232 g/mol. The third kappa shape index (κ3) is 1.36. The van der Waals surface area contributed by atoms with Gasteiger partial charge in [-0.15, -0.1) is 0 Å². The molecule has 0 aliphatic heterocycles. The highest BCUT2D eigenvalue weighted by Gasteiger charge is 2.28. The van der Waals surface area contributed by atoms with E-state index < -0.39 is 0 Å². The van der Waals surface area contributed by atoms with Gasteiger partial charge in [0.25, 0.3) is 0 Å². The van der Waals surface area contributed by atoms with Gasteiger partial charge in [0.2, 0.25) is 0 Å². The fourth-order valence-electron chi connectivity index (χ4n) is 2.42. The lowest BCUT2D eigenvalue weighted by molar-refractivity contribution is 0.104. The Morgan fingerprint density at radius 1 is 0.941 bits per heavy atom. The van der Waals surface area contributed by atoms with Crippen molar-refractivity contribution in [1.82, 2.24) is 0 Å². The van der Waals surface area contributed by atoms with Crippen molar-refractivity contribution >= 4 is 17.4 Å². The number of ketones is 1. The number of halogens is 1. The second-order valence-corrected chi connectivity index (χ2v) is 4.89. The van der Waals surface area contributed by atoms with Crippen LogP contribution >= 0.6 is 11.6 Å². The smallest absolute Gasteiger partial charge is 0.194 e. The Kier molecular flexibility index (Phi) is 2.14. The van der Waals surface area contributed by atoms with E-state index in [0.29, 0.717) is 5.02 Å². The monoisotopic (exact) mass is 242 g/mol. The molecule has 2 aromatic rings. The summed E-state index contributed by atoms with van der Waals surface area (Å²) in [6.07, 6.45) is 0. The summed E-state index contributed by atoms with van der Waals surface area (Å²) in [6.45, 7) is 4.12. The molecule has 0 aromatic heterocycles. The molecule has 0 atom stereocenters. The summed E-state index contributed by atoms with van der Waals surface area (Å²) in [5.74, 6) is 0.0839. The minimum atomic E-state index is 0.0839. The molecule has 17 heavy (non-hydrogen) atoms. The van der Waals surface area contributed by atoms with Gasteiger partial charge in [-0.3, -0.25) is 4.79 Å². The molecule has 0 N–H and O–H groups in total. The maximum absolute atomic E-state index is 12.2. The molecule has 0 bridgehead atoms. The van der Waals surface area contributed by atoms with Crippen LogP contribution in [0.5, 0.6) is 0 Å². The van der Waals surface area contributed by atoms with E-state index in [1.165, 1.54) is 11.1 Å². The number of fused-ring (bicyclic) bond motifs is 3. The molecule has 1 nitrogen and oxygen atoms in total. The van der Waals surface area contributed by atoms with Gasteiger partial charge >= 0.3 is 0 Å². The summed E-state index contributed by atoms with van der Waals surface area (Å²) in [7, 11) is 0. The molecule has 1 aliphatic rings. The maximum atomic E-state index is 12.2. The summed E-state index contributed by atoms with van der Waals surface area (Å²) in [4.78, 5) is 12.2. The van der Waals surface area contributed by atoms with E-state index >= 15 is 0 Å². The van der Waals surface area contributed by atoms with Gasteiger partial charge < -0.3 is 0 Å². The Morgan fingerprint density at radius 3 is 2.41 bits per heavy atom. The normalized spacial score (nSPS) is 12.5. The highest BCUT2D eigenvalue weighted by Crippen LogP contribution is 2.40. The molecule has 0 saturated carbocycles. The summed E-state index contributed by atoms with van der Waals surface area (Å²) >= 11 is 5.95. The van der Waals surface area contributed by atoms with Crippen LogP contribution in [0.4, 0.5) is 0 Å². The van der Waals surface area contributed by atoms with Crippen LogP contribution in [-0.4, -0.2) is 5.78 Å². The van der Waals surface area contributed by atoms with Crippen LogP contribution in [0.2, 0.25) is 5.02 Å². The van der Waals surface area contributed by atoms with E-state index in [2.05, 4.69) is 13.8 Å². The van der Waals surface area contributed by atoms with Crippen molar-refractivity contribution in [2.75, 3.05) is 0 Å². The van der Waals surface area contributed by atoms with Gasteiger partial charge in [0, 0.05) is 16.1 Å². The molecule has 0 radical (unpaired) electrons. The van der Waals surface area contributed by atoms with Gasteiger partial charge in [-0.25, -0.2) is 0 Å². The molecule has 0 heterocycles. The molecule has 0 spiro atoms. The zero-order valence-corrected chi connectivity index (χ0v) is 10.4. The highest BCUT2D eigenvalue weighted by molar-refractivity contribution is 6.32. The van der Waals surface area contributed by atoms with Crippen molar-refractivity contribution in [3.05, 3.63) is 57.6 Å². The molecular formula is C15H11ClO. The molecule has 0 amide bonds. The first kappa shape index (κ1) is 10.5. The van der Waals surface area contributed by atoms with Crippen molar-refractivity contribution < 1.29 is 4.79 Å². The van der Waals surface area contributed by atoms with E-state index in [9.17, 15) is 4.79 Å². The average molecular weight is 243 g/mol. The molecule has 84 valence electrons. The van der Waals surface area contributed by atoms with E-state index in [-0.39, 0.29) is 5.78 Å². The molecule has 2 aromatic carbocycles. The maximum Gasteiger partial charge on any atom is 0.194 e. The Balaban J connectivity index is 2.41. The van der Waals surface area contributed by atoms with Gasteiger partial charge in [0.15, 0.2) is 5.78 Å². The lowest BCUT2D eigenvalue weighted by Gasteiger charge is -2.07. The second-order valence-electron chi connectivity index (χ2n) is 4.45. The van der Waals surface area contributed by atoms with Crippen LogP contribution in [0.3, 0.4) is 0 Å². The van der Waals surface area contributed by atoms with Gasteiger partial charge in [0.05, 0.1) is 0 Å². The van der Waals surface area contributed by atoms with Crippen molar-refractivity contribution in [3.8, 4) is 11.1 Å². The van der Waals surface area contributed by atoms with Crippen molar-refractivity contribution in [1.29, 1.82) is 0 Å². The van der Waals surface area contributed by atoms with Crippen LogP contribution in [-0.2, 0) is 0 Å². The van der Waals surface area contributed by atoms with Crippen LogP contribution in [0.1, 0.15) is 27.0 Å². The molecule has 3 rings (SSSR count). The number of hydrogen-bond acceptors (Lipinski definition) is 1. The Bertz CT molecular complexity index is 656. The summed E-state index contributed by atoms with van der Waals surface area (Å²) in [5, 5.41) is 0.610. The lowest BCUT2D eigenvalue weighted by Crippen LogP contribution is -1.95. The highest BCUT2D eigenvalue weighted by atomic mass is 35.5. The topological polar surface area (TPSA) is 17.1 Å². The van der Waals surface area contributed by atoms with Crippen molar-refractivity contribution in [2.45, 2.75) is 13.8 Å². The van der Waals surface area contributed by atoms with Gasteiger partial charge in [0.1, 0.15) is 0 Å². The predicted molar refractivity (Wildman–Crippen MR) is 69.8 cm³/mol. The number of aryl methyl sites for hydroxylation is 1. The average Bonchev–Trinajstić information content (AvgIpc) is 2.58. The van der Waals surface area contributed by atoms with Crippen molar-refractivity contribution in [3.63, 3.8) is 0 Å². The van der Waals surface area contributed by atoms with Gasteiger partial charge in [-0.05, 0) is 48.2 Å². The molecule has 0 unspecified atom stereocenters. The Hall–Kier alpha value is -1.60. The third-order valence-electron chi connectivity index (χ3n) is 3.48. The minimum Gasteiger partial charge on any atom is -0.289 e. The Labute approximate surface area is 105 Å². The quantitative estimate of drug-likeness (QED) is 0.578. The first-order chi connectivity index (χ1) is 8.09. The van der Waals surface area contributed by atoms with E-state index in [0.717, 1.165) is 22.3 Å². The standard InChI is InChI=1S/C15H11ClO/c1-8-3-5-12-14(9(8)2)11-6-4-10(16)7-13(11)15(12)17/h3-7H,1-2H3. The van der Waals surface area contributed by atoms with Gasteiger partial charge in [-0.2, -0.15) is 0 Å². The van der Waals surface area contributed by atoms with Crippen LogP contribution in [0.25, 0.3) is 11.1 Å². The Morgan fingerprint density at radius 2 is 1.65 bits per heavy atom. The predicted octanol–water partition coefficient (Wildman–Crippen LogP) is 4.17. The van der Waals surface area contributed by atoms with Crippen LogP contribution < -0.4 is 0 Å². The zero-order chi connectivity index (χ0) is 12.2. The molecule has 1 aliphatic carbocycles. The van der Waals surface area contributed by atoms with E-state index in [1.54, 1.807) is 6.07 Å². The third-order valence-corrected chi connectivity index (χ3v) is 3.71. The lowest BCUT2D eigenvalue weighted by atomic mass is 9.97. The minimum absolute atomic E-state index is 0.0839. The fourth-order valence-corrected chi connectivity index (χ4v) is 2.59. The molecule has 0 saturated heterocycles. The number of carbonyl (C=O) groups excluding carboxylic acids is 1. The molecule has 0 fully saturated rings. The largest absolute Gasteiger partial charge is 0.289 e. The van der Waals surface area contributed by atoms with E-state index in [4.69, 9.17) is 11.6 Å². The zero-order valence-electron chi connectivity index (χ0n) is 9.67. The number of rotatable bonds is 0. The van der Waals surface area contributed by atoms with Crippen molar-refractivity contribution in [2.24, 2.45) is 0 Å². The SMILES string of the molecule is Cc1ccc2c(c1C)-c1ccc(Cl)cc1C2=O. The fraction of sp³-hybridized carbons (Fsp3) is 0.133. The number of benzene rings is 2. The summed E-state index contributed by atoms with van der Waals surface area (Å²) in [6, 6.07) is 9.44. The second kappa shape index (κ2) is 3.44. The van der Waals surface area contributed by atoms with Gasteiger partial charge in [-0.1, -0.05) is 29.8 Å². The molecule has 2 heteroatoms. The summed E-state index contributed by atoms with van der Waals surface area (Å²) < 4.78 is 0. The number of carbonyl (C=O) groups is 1. The number of hydrogen-bond donors (Lipinski definition) is 0. The first-order valence-corrected chi connectivity index (χ1v) is 5.92. The van der Waals surface area contributed by atoms with E-state index in [1.807, 2.05) is 24.3 Å². The summed E-state index contributed by atoms with van der Waals surface area (Å²) in [5.41, 5.74) is 5.99. The van der Waals surface area contributed by atoms with Crippen LogP contribution in [0, 0.1) is 13.8 Å². The van der Waals surface area contributed by atoms with Crippen LogP contribution in [0.15, 0.2) is 30.3 Å². The first-order valence-electron chi connectivity index (χ1n) is 5.54.